The standard InChI is InChI=1S/C21H16ClNO/c22-20-12-17(9-10-23)11-19(13-20)18-7-4-8-21(14-18)24-15-16-5-2-1-3-6-16/h1-8,11-14H,9,15H2. The van der Waals surface area contributed by atoms with Crippen molar-refractivity contribution in [2.24, 2.45) is 0 Å². The zero-order valence-electron chi connectivity index (χ0n) is 13.1. The van der Waals surface area contributed by atoms with E-state index in [2.05, 4.69) is 6.07 Å². The van der Waals surface area contributed by atoms with Gasteiger partial charge >= 0.3 is 0 Å². The number of hydrogen-bond donors (Lipinski definition) is 0. The Morgan fingerprint density at radius 1 is 0.833 bits per heavy atom. The molecule has 0 aliphatic rings. The minimum atomic E-state index is 0.345. The van der Waals surface area contributed by atoms with E-state index in [1.807, 2.05) is 72.8 Å². The lowest BCUT2D eigenvalue weighted by atomic mass is 10.0. The maximum Gasteiger partial charge on any atom is 0.120 e. The van der Waals surface area contributed by atoms with E-state index in [9.17, 15) is 0 Å². The number of hydrogen-bond acceptors (Lipinski definition) is 2. The topological polar surface area (TPSA) is 33.0 Å². The quantitative estimate of drug-likeness (QED) is 0.604. The highest BCUT2D eigenvalue weighted by Crippen LogP contribution is 2.28. The van der Waals surface area contributed by atoms with Gasteiger partial charge < -0.3 is 4.74 Å². The van der Waals surface area contributed by atoms with Gasteiger partial charge in [-0.25, -0.2) is 0 Å². The first-order valence-electron chi connectivity index (χ1n) is 7.68. The molecular weight excluding hydrogens is 318 g/mol. The monoisotopic (exact) mass is 333 g/mol. The van der Waals surface area contributed by atoms with Crippen LogP contribution in [-0.4, -0.2) is 0 Å². The van der Waals surface area contributed by atoms with Crippen LogP contribution in [0.25, 0.3) is 11.1 Å². The fraction of sp³-hybridized carbons (Fsp3) is 0.0952. The van der Waals surface area contributed by atoms with Crippen LogP contribution in [0.3, 0.4) is 0 Å². The van der Waals surface area contributed by atoms with Crippen molar-refractivity contribution in [2.75, 3.05) is 0 Å². The van der Waals surface area contributed by atoms with E-state index >= 15 is 0 Å². The minimum Gasteiger partial charge on any atom is -0.489 e. The van der Waals surface area contributed by atoms with Gasteiger partial charge in [0.1, 0.15) is 12.4 Å². The number of benzene rings is 3. The first-order chi connectivity index (χ1) is 11.7. The molecule has 0 unspecified atom stereocenters. The number of halogens is 1. The highest BCUT2D eigenvalue weighted by molar-refractivity contribution is 6.31. The van der Waals surface area contributed by atoms with Gasteiger partial charge in [0.2, 0.25) is 0 Å². The van der Waals surface area contributed by atoms with Crippen LogP contribution in [0.5, 0.6) is 5.75 Å². The molecule has 0 saturated carbocycles. The third-order valence-electron chi connectivity index (χ3n) is 3.66. The number of nitriles is 1. The van der Waals surface area contributed by atoms with Crippen molar-refractivity contribution in [1.82, 2.24) is 0 Å². The van der Waals surface area contributed by atoms with Crippen LogP contribution in [-0.2, 0) is 13.0 Å². The maximum atomic E-state index is 8.88. The molecule has 0 spiro atoms. The van der Waals surface area contributed by atoms with Crippen molar-refractivity contribution in [3.05, 3.63) is 88.9 Å². The van der Waals surface area contributed by atoms with Gasteiger partial charge in [-0.1, -0.05) is 60.1 Å². The summed E-state index contributed by atoms with van der Waals surface area (Å²) in [6.07, 6.45) is 0.345. The van der Waals surface area contributed by atoms with E-state index in [0.717, 1.165) is 28.0 Å². The van der Waals surface area contributed by atoms with Gasteiger partial charge in [0.15, 0.2) is 0 Å². The zero-order valence-corrected chi connectivity index (χ0v) is 13.8. The SMILES string of the molecule is N#CCc1cc(Cl)cc(-c2cccc(OCc3ccccc3)c2)c1. The van der Waals surface area contributed by atoms with Crippen molar-refractivity contribution >= 4 is 11.6 Å². The smallest absolute Gasteiger partial charge is 0.120 e. The Morgan fingerprint density at radius 3 is 2.46 bits per heavy atom. The van der Waals surface area contributed by atoms with Crippen molar-refractivity contribution < 1.29 is 4.74 Å². The van der Waals surface area contributed by atoms with Crippen LogP contribution < -0.4 is 4.74 Å². The summed E-state index contributed by atoms with van der Waals surface area (Å²) in [6.45, 7) is 0.527. The predicted octanol–water partition coefficient (Wildman–Crippen LogP) is 5.65. The number of ether oxygens (including phenoxy) is 1. The van der Waals surface area contributed by atoms with E-state index in [1.54, 1.807) is 0 Å². The van der Waals surface area contributed by atoms with Crippen LogP contribution in [0, 0.1) is 11.3 Å². The summed E-state index contributed by atoms with van der Waals surface area (Å²) in [6, 6.07) is 25.8. The number of nitrogens with zero attached hydrogens (tertiary/aromatic N) is 1. The molecule has 0 aromatic heterocycles. The molecule has 2 nitrogen and oxygen atoms in total. The summed E-state index contributed by atoms with van der Waals surface area (Å²) in [7, 11) is 0. The van der Waals surface area contributed by atoms with E-state index in [0.29, 0.717) is 18.1 Å². The van der Waals surface area contributed by atoms with E-state index in [1.165, 1.54) is 0 Å². The van der Waals surface area contributed by atoms with Crippen LogP contribution >= 0.6 is 11.6 Å². The molecule has 0 radical (unpaired) electrons. The van der Waals surface area contributed by atoms with E-state index < -0.39 is 0 Å². The Labute approximate surface area is 146 Å². The van der Waals surface area contributed by atoms with Gasteiger partial charge in [-0.05, 0) is 46.5 Å². The molecule has 0 aliphatic heterocycles. The average Bonchev–Trinajstić information content (AvgIpc) is 2.61. The van der Waals surface area contributed by atoms with Gasteiger partial charge in [-0.3, -0.25) is 0 Å². The van der Waals surface area contributed by atoms with Crippen LogP contribution in [0.4, 0.5) is 0 Å². The van der Waals surface area contributed by atoms with E-state index in [-0.39, 0.29) is 0 Å². The van der Waals surface area contributed by atoms with Gasteiger partial charge in [0.25, 0.3) is 0 Å². The molecule has 0 aliphatic carbocycles. The second-order valence-electron chi connectivity index (χ2n) is 5.49. The van der Waals surface area contributed by atoms with Crippen LogP contribution in [0.2, 0.25) is 5.02 Å². The molecule has 0 heterocycles. The molecule has 3 heteroatoms. The molecule has 118 valence electrons. The molecule has 0 bridgehead atoms. The van der Waals surface area contributed by atoms with Gasteiger partial charge in [-0.15, -0.1) is 0 Å². The van der Waals surface area contributed by atoms with Gasteiger partial charge in [0, 0.05) is 5.02 Å². The van der Waals surface area contributed by atoms with Crippen molar-refractivity contribution in [1.29, 1.82) is 5.26 Å². The summed E-state index contributed by atoms with van der Waals surface area (Å²) in [5.41, 5.74) is 4.04. The fourth-order valence-corrected chi connectivity index (χ4v) is 2.77. The molecule has 0 fully saturated rings. The van der Waals surface area contributed by atoms with Crippen LogP contribution in [0.15, 0.2) is 72.8 Å². The second-order valence-corrected chi connectivity index (χ2v) is 5.92. The normalized spacial score (nSPS) is 10.2. The summed E-state index contributed by atoms with van der Waals surface area (Å²) in [5, 5.41) is 9.51. The van der Waals surface area contributed by atoms with Gasteiger partial charge in [-0.2, -0.15) is 5.26 Å². The lowest BCUT2D eigenvalue weighted by Crippen LogP contribution is -1.95. The molecule has 3 rings (SSSR count). The molecule has 0 atom stereocenters. The third-order valence-corrected chi connectivity index (χ3v) is 3.87. The van der Waals surface area contributed by atoms with Crippen molar-refractivity contribution in [3.8, 4) is 22.9 Å². The fourth-order valence-electron chi connectivity index (χ4n) is 2.52. The average molecular weight is 334 g/mol. The molecule has 3 aromatic rings. The Kier molecular flexibility index (Phi) is 5.15. The minimum absolute atomic E-state index is 0.345. The summed E-state index contributed by atoms with van der Waals surface area (Å²) >= 11 is 6.18. The zero-order chi connectivity index (χ0) is 16.8. The molecule has 0 amide bonds. The highest BCUT2D eigenvalue weighted by Gasteiger charge is 2.04. The molecule has 24 heavy (non-hydrogen) atoms. The Balaban J connectivity index is 1.81. The molecular formula is C21H16ClNO. The Morgan fingerprint density at radius 2 is 1.67 bits per heavy atom. The first-order valence-corrected chi connectivity index (χ1v) is 8.06. The predicted molar refractivity (Wildman–Crippen MR) is 97.0 cm³/mol. The van der Waals surface area contributed by atoms with Gasteiger partial charge in [0.05, 0.1) is 12.5 Å². The largest absolute Gasteiger partial charge is 0.489 e. The van der Waals surface area contributed by atoms with Crippen LogP contribution in [0.1, 0.15) is 11.1 Å². The third kappa shape index (κ3) is 4.16. The maximum absolute atomic E-state index is 8.88. The summed E-state index contributed by atoms with van der Waals surface area (Å²) in [5.74, 6) is 0.804. The molecule has 3 aromatic carbocycles. The van der Waals surface area contributed by atoms with Crippen molar-refractivity contribution in [2.45, 2.75) is 13.0 Å². The van der Waals surface area contributed by atoms with E-state index in [4.69, 9.17) is 21.6 Å². The lowest BCUT2D eigenvalue weighted by molar-refractivity contribution is 0.306. The summed E-state index contributed by atoms with van der Waals surface area (Å²) < 4.78 is 5.88. The highest BCUT2D eigenvalue weighted by atomic mass is 35.5. The second kappa shape index (κ2) is 7.68. The number of rotatable bonds is 5. The van der Waals surface area contributed by atoms with Crippen molar-refractivity contribution in [3.63, 3.8) is 0 Å². The Bertz CT molecular complexity index is 869. The Hall–Kier alpha value is -2.76. The summed E-state index contributed by atoms with van der Waals surface area (Å²) in [4.78, 5) is 0. The lowest BCUT2D eigenvalue weighted by Gasteiger charge is -2.09. The molecule has 0 saturated heterocycles. The first kappa shape index (κ1) is 16.1. The molecule has 0 N–H and O–H groups in total.